The zero-order chi connectivity index (χ0) is 17.2. The normalized spacial score (nSPS) is 11.1. The van der Waals surface area contributed by atoms with Crippen LogP contribution in [0.2, 0.25) is 0 Å². The van der Waals surface area contributed by atoms with Crippen molar-refractivity contribution in [3.63, 3.8) is 0 Å². The highest BCUT2D eigenvalue weighted by atomic mass is 16.1. The smallest absolute Gasteiger partial charge is 0.262 e. The molecule has 0 spiro atoms. The van der Waals surface area contributed by atoms with Crippen molar-refractivity contribution in [2.24, 2.45) is 0 Å². The van der Waals surface area contributed by atoms with E-state index in [9.17, 15) is 4.79 Å². The van der Waals surface area contributed by atoms with Crippen molar-refractivity contribution in [3.8, 4) is 17.1 Å². The quantitative estimate of drug-likeness (QED) is 0.620. The van der Waals surface area contributed by atoms with E-state index in [1.54, 1.807) is 4.68 Å². The number of H-pyrrole nitrogens is 1. The van der Waals surface area contributed by atoms with Gasteiger partial charge in [0.05, 0.1) is 11.4 Å². The summed E-state index contributed by atoms with van der Waals surface area (Å²) < 4.78 is 1.77. The Morgan fingerprint density at radius 3 is 2.36 bits per heavy atom. The van der Waals surface area contributed by atoms with E-state index in [-0.39, 0.29) is 5.56 Å². The molecular formula is C20H18N4O. The van der Waals surface area contributed by atoms with Crippen molar-refractivity contribution in [3.05, 3.63) is 76.7 Å². The second kappa shape index (κ2) is 6.36. The van der Waals surface area contributed by atoms with E-state index in [4.69, 9.17) is 4.98 Å². The fourth-order valence-electron chi connectivity index (χ4n) is 2.99. The molecule has 0 amide bonds. The number of hydrogen-bond acceptors (Lipinski definition) is 3. The topological polar surface area (TPSA) is 63.6 Å². The minimum absolute atomic E-state index is 0.144. The predicted molar refractivity (Wildman–Crippen MR) is 98.9 cm³/mol. The van der Waals surface area contributed by atoms with Crippen LogP contribution in [0.15, 0.2) is 65.5 Å². The van der Waals surface area contributed by atoms with Crippen LogP contribution in [0, 0.1) is 0 Å². The number of benzene rings is 2. The molecule has 0 aliphatic heterocycles. The molecule has 0 atom stereocenters. The fraction of sp³-hybridized carbons (Fsp3) is 0.150. The molecule has 2 heterocycles. The van der Waals surface area contributed by atoms with Crippen molar-refractivity contribution in [2.45, 2.75) is 19.8 Å². The van der Waals surface area contributed by atoms with Gasteiger partial charge in [-0.25, -0.2) is 9.67 Å². The SMILES string of the molecule is CCCc1nn(-c2ccccc2)c2nc(-c3ccccc3)[nH]c(=O)c12. The lowest BCUT2D eigenvalue weighted by Gasteiger charge is -2.04. The summed E-state index contributed by atoms with van der Waals surface area (Å²) in [5.74, 6) is 0.554. The van der Waals surface area contributed by atoms with Crippen LogP contribution < -0.4 is 5.56 Å². The highest BCUT2D eigenvalue weighted by Crippen LogP contribution is 2.21. The highest BCUT2D eigenvalue weighted by molar-refractivity contribution is 5.80. The minimum atomic E-state index is -0.144. The minimum Gasteiger partial charge on any atom is -0.306 e. The third-order valence-electron chi connectivity index (χ3n) is 4.15. The third-order valence-corrected chi connectivity index (χ3v) is 4.15. The molecule has 4 aromatic rings. The molecule has 124 valence electrons. The standard InChI is InChI=1S/C20H18N4O/c1-2-9-16-17-19(24(23-16)15-12-7-4-8-13-15)21-18(22-20(17)25)14-10-5-3-6-11-14/h3-8,10-13H,2,9H2,1H3,(H,21,22,25). The van der Waals surface area contributed by atoms with Gasteiger partial charge in [-0.1, -0.05) is 61.9 Å². The zero-order valence-corrected chi connectivity index (χ0v) is 13.9. The molecule has 0 saturated heterocycles. The average Bonchev–Trinajstić information content (AvgIpc) is 3.02. The summed E-state index contributed by atoms with van der Waals surface area (Å²) in [4.78, 5) is 20.4. The van der Waals surface area contributed by atoms with E-state index in [0.29, 0.717) is 16.9 Å². The van der Waals surface area contributed by atoms with Gasteiger partial charge in [-0.15, -0.1) is 0 Å². The number of nitrogens with one attached hydrogen (secondary N) is 1. The Morgan fingerprint density at radius 2 is 1.68 bits per heavy atom. The molecule has 0 fully saturated rings. The number of para-hydroxylation sites is 1. The van der Waals surface area contributed by atoms with Gasteiger partial charge in [0, 0.05) is 5.56 Å². The molecular weight excluding hydrogens is 312 g/mol. The number of hydrogen-bond donors (Lipinski definition) is 1. The molecule has 0 saturated carbocycles. The third kappa shape index (κ3) is 2.74. The maximum Gasteiger partial charge on any atom is 0.262 e. The summed E-state index contributed by atoms with van der Waals surface area (Å²) in [6.07, 6.45) is 1.66. The van der Waals surface area contributed by atoms with Crippen molar-refractivity contribution in [2.75, 3.05) is 0 Å². The van der Waals surface area contributed by atoms with Crippen LogP contribution in [-0.2, 0) is 6.42 Å². The largest absolute Gasteiger partial charge is 0.306 e. The summed E-state index contributed by atoms with van der Waals surface area (Å²) >= 11 is 0. The van der Waals surface area contributed by atoms with Crippen LogP contribution >= 0.6 is 0 Å². The summed E-state index contributed by atoms with van der Waals surface area (Å²) in [7, 11) is 0. The van der Waals surface area contributed by atoms with E-state index in [2.05, 4.69) is 17.0 Å². The molecule has 0 bridgehead atoms. The number of aromatic amines is 1. The van der Waals surface area contributed by atoms with Crippen molar-refractivity contribution in [1.82, 2.24) is 19.7 Å². The Morgan fingerprint density at radius 1 is 1.00 bits per heavy atom. The molecule has 4 rings (SSSR count). The van der Waals surface area contributed by atoms with Gasteiger partial charge in [-0.2, -0.15) is 5.10 Å². The van der Waals surface area contributed by atoms with Crippen LogP contribution in [0.1, 0.15) is 19.0 Å². The van der Waals surface area contributed by atoms with Crippen LogP contribution in [0.4, 0.5) is 0 Å². The monoisotopic (exact) mass is 330 g/mol. The van der Waals surface area contributed by atoms with E-state index in [1.165, 1.54) is 0 Å². The zero-order valence-electron chi connectivity index (χ0n) is 13.9. The molecule has 2 aromatic carbocycles. The molecule has 25 heavy (non-hydrogen) atoms. The van der Waals surface area contributed by atoms with E-state index < -0.39 is 0 Å². The molecule has 0 unspecified atom stereocenters. The summed E-state index contributed by atoms with van der Waals surface area (Å²) in [5.41, 5.74) is 3.01. The number of aryl methyl sites for hydroxylation is 1. The van der Waals surface area contributed by atoms with Crippen molar-refractivity contribution in [1.29, 1.82) is 0 Å². The lowest BCUT2D eigenvalue weighted by atomic mass is 10.2. The van der Waals surface area contributed by atoms with E-state index in [0.717, 1.165) is 29.8 Å². The second-order valence-electron chi connectivity index (χ2n) is 5.92. The lowest BCUT2D eigenvalue weighted by Crippen LogP contribution is -2.11. The van der Waals surface area contributed by atoms with Crippen LogP contribution in [0.5, 0.6) is 0 Å². The van der Waals surface area contributed by atoms with Crippen LogP contribution in [0.3, 0.4) is 0 Å². The Hall–Kier alpha value is -3.21. The summed E-state index contributed by atoms with van der Waals surface area (Å²) in [6.45, 7) is 2.08. The molecule has 5 heteroatoms. The first-order valence-electron chi connectivity index (χ1n) is 8.40. The molecule has 0 aliphatic rings. The fourth-order valence-corrected chi connectivity index (χ4v) is 2.99. The van der Waals surface area contributed by atoms with Crippen LogP contribution in [-0.4, -0.2) is 19.7 Å². The maximum absolute atomic E-state index is 12.8. The first-order chi connectivity index (χ1) is 12.3. The average molecular weight is 330 g/mol. The first-order valence-corrected chi connectivity index (χ1v) is 8.40. The Kier molecular flexibility index (Phi) is 3.90. The van der Waals surface area contributed by atoms with Crippen LogP contribution in [0.25, 0.3) is 28.1 Å². The highest BCUT2D eigenvalue weighted by Gasteiger charge is 2.17. The lowest BCUT2D eigenvalue weighted by molar-refractivity contribution is 0.816. The molecule has 5 nitrogen and oxygen atoms in total. The molecule has 0 radical (unpaired) electrons. The number of nitrogens with zero attached hydrogens (tertiary/aromatic N) is 3. The van der Waals surface area contributed by atoms with E-state index in [1.807, 2.05) is 60.7 Å². The predicted octanol–water partition coefficient (Wildman–Crippen LogP) is 3.73. The van der Waals surface area contributed by atoms with Crippen molar-refractivity contribution >= 4 is 11.0 Å². The van der Waals surface area contributed by atoms with Gasteiger partial charge in [0.25, 0.3) is 5.56 Å². The van der Waals surface area contributed by atoms with E-state index >= 15 is 0 Å². The molecule has 0 aliphatic carbocycles. The maximum atomic E-state index is 12.8. The van der Waals surface area contributed by atoms with Gasteiger partial charge >= 0.3 is 0 Å². The van der Waals surface area contributed by atoms with Gasteiger partial charge in [0.15, 0.2) is 5.65 Å². The van der Waals surface area contributed by atoms with Crippen molar-refractivity contribution < 1.29 is 0 Å². The summed E-state index contributed by atoms with van der Waals surface area (Å²) in [6, 6.07) is 19.4. The Bertz CT molecular complexity index is 1070. The Balaban J connectivity index is 2.02. The van der Waals surface area contributed by atoms with Gasteiger partial charge in [0.2, 0.25) is 0 Å². The number of fused-ring (bicyclic) bond motifs is 1. The molecule has 2 aromatic heterocycles. The first kappa shape index (κ1) is 15.3. The summed E-state index contributed by atoms with van der Waals surface area (Å²) in [5, 5.41) is 5.25. The van der Waals surface area contributed by atoms with Gasteiger partial charge in [-0.05, 0) is 18.6 Å². The molecule has 1 N–H and O–H groups in total. The van der Waals surface area contributed by atoms with Gasteiger partial charge in [-0.3, -0.25) is 4.79 Å². The number of rotatable bonds is 4. The van der Waals surface area contributed by atoms with Gasteiger partial charge in [0.1, 0.15) is 11.2 Å². The second-order valence-corrected chi connectivity index (χ2v) is 5.92. The Labute approximate surface area is 145 Å². The number of aromatic nitrogens is 4. The van der Waals surface area contributed by atoms with Gasteiger partial charge < -0.3 is 4.98 Å².